The molecule has 3 heteroatoms. The number of esters is 1. The van der Waals surface area contributed by atoms with Crippen LogP contribution in [0.4, 0.5) is 0 Å². The lowest BCUT2D eigenvalue weighted by molar-refractivity contribution is -0.142. The Labute approximate surface area is 105 Å². The lowest BCUT2D eigenvalue weighted by atomic mass is 9.83. The fourth-order valence-electron chi connectivity index (χ4n) is 2.59. The van der Waals surface area contributed by atoms with E-state index in [0.717, 1.165) is 19.4 Å². The highest BCUT2D eigenvalue weighted by atomic mass is 16.5. The van der Waals surface area contributed by atoms with Gasteiger partial charge in [0.15, 0.2) is 0 Å². The first kappa shape index (κ1) is 14.5. The Morgan fingerprint density at radius 2 is 2.00 bits per heavy atom. The zero-order valence-corrected chi connectivity index (χ0v) is 11.4. The minimum atomic E-state index is -0.109. The zero-order chi connectivity index (χ0) is 12.6. The second-order valence-electron chi connectivity index (χ2n) is 5.24. The third-order valence-electron chi connectivity index (χ3n) is 3.94. The Bertz CT molecular complexity index is 222. The van der Waals surface area contributed by atoms with Crippen LogP contribution >= 0.6 is 0 Å². The Morgan fingerprint density at radius 1 is 1.29 bits per heavy atom. The van der Waals surface area contributed by atoms with Crippen molar-refractivity contribution in [2.75, 3.05) is 19.7 Å². The average Bonchev–Trinajstić information content (AvgIpc) is 2.79. The highest BCUT2D eigenvalue weighted by Gasteiger charge is 2.31. The smallest absolute Gasteiger partial charge is 0.319 e. The summed E-state index contributed by atoms with van der Waals surface area (Å²) in [7, 11) is 0. The molecule has 1 saturated carbocycles. The molecule has 1 N–H and O–H groups in total. The molecule has 0 aromatic rings. The number of carbonyl (C=O) groups is 1. The van der Waals surface area contributed by atoms with Gasteiger partial charge in [0.2, 0.25) is 0 Å². The summed E-state index contributed by atoms with van der Waals surface area (Å²) in [5, 5.41) is 3.27. The normalized spacial score (nSPS) is 18.2. The molecule has 0 saturated heterocycles. The Kier molecular flexibility index (Phi) is 6.56. The summed E-state index contributed by atoms with van der Waals surface area (Å²) in [5.41, 5.74) is 0.448. The van der Waals surface area contributed by atoms with Gasteiger partial charge in [-0.15, -0.1) is 0 Å². The third-order valence-corrected chi connectivity index (χ3v) is 3.94. The van der Waals surface area contributed by atoms with E-state index in [-0.39, 0.29) is 5.97 Å². The monoisotopic (exact) mass is 241 g/mol. The molecule has 0 aromatic heterocycles. The highest BCUT2D eigenvalue weighted by molar-refractivity contribution is 5.71. The molecule has 0 unspecified atom stereocenters. The first-order valence-electron chi connectivity index (χ1n) is 7.09. The van der Waals surface area contributed by atoms with Gasteiger partial charge < -0.3 is 10.1 Å². The van der Waals surface area contributed by atoms with Gasteiger partial charge in [-0.3, -0.25) is 4.79 Å². The van der Waals surface area contributed by atoms with E-state index in [4.69, 9.17) is 4.74 Å². The number of carbonyl (C=O) groups excluding carboxylic acids is 1. The van der Waals surface area contributed by atoms with Crippen LogP contribution in [-0.4, -0.2) is 25.7 Å². The first-order chi connectivity index (χ1) is 8.22. The summed E-state index contributed by atoms with van der Waals surface area (Å²) in [6, 6.07) is 0. The number of hydrogen-bond donors (Lipinski definition) is 1. The van der Waals surface area contributed by atoms with E-state index in [9.17, 15) is 4.79 Å². The van der Waals surface area contributed by atoms with Gasteiger partial charge >= 0.3 is 5.97 Å². The average molecular weight is 241 g/mol. The zero-order valence-electron chi connectivity index (χ0n) is 11.4. The molecule has 3 nitrogen and oxygen atoms in total. The van der Waals surface area contributed by atoms with E-state index < -0.39 is 0 Å². The van der Waals surface area contributed by atoms with E-state index >= 15 is 0 Å². The number of nitrogens with one attached hydrogen (secondary N) is 1. The van der Waals surface area contributed by atoms with Crippen molar-refractivity contribution in [2.24, 2.45) is 5.41 Å². The van der Waals surface area contributed by atoms with E-state index in [0.29, 0.717) is 18.6 Å². The second kappa shape index (κ2) is 7.70. The van der Waals surface area contributed by atoms with Crippen LogP contribution in [0.15, 0.2) is 0 Å². The molecule has 1 fully saturated rings. The molecule has 0 spiro atoms. The van der Waals surface area contributed by atoms with Crippen LogP contribution in [0.3, 0.4) is 0 Å². The Hall–Kier alpha value is -0.570. The standard InChI is InChI=1S/C14H27NO2/c1-3-5-10-17-13(16)11-15-12-14(4-2)8-6-7-9-14/h15H,3-12H2,1-2H3. The maximum Gasteiger partial charge on any atom is 0.319 e. The fraction of sp³-hybridized carbons (Fsp3) is 0.929. The predicted molar refractivity (Wildman–Crippen MR) is 69.9 cm³/mol. The van der Waals surface area contributed by atoms with E-state index in [1.807, 2.05) is 0 Å². The van der Waals surface area contributed by atoms with Crippen molar-refractivity contribution in [2.45, 2.75) is 58.8 Å². The Morgan fingerprint density at radius 3 is 2.59 bits per heavy atom. The molecule has 17 heavy (non-hydrogen) atoms. The summed E-state index contributed by atoms with van der Waals surface area (Å²) in [4.78, 5) is 11.4. The van der Waals surface area contributed by atoms with E-state index in [1.165, 1.54) is 32.1 Å². The van der Waals surface area contributed by atoms with Crippen molar-refractivity contribution in [3.63, 3.8) is 0 Å². The van der Waals surface area contributed by atoms with Crippen molar-refractivity contribution >= 4 is 5.97 Å². The molecular formula is C14H27NO2. The van der Waals surface area contributed by atoms with Gasteiger partial charge in [-0.25, -0.2) is 0 Å². The lowest BCUT2D eigenvalue weighted by Gasteiger charge is -2.27. The van der Waals surface area contributed by atoms with Crippen LogP contribution in [-0.2, 0) is 9.53 Å². The summed E-state index contributed by atoms with van der Waals surface area (Å²) in [6.45, 7) is 6.25. The van der Waals surface area contributed by atoms with Gasteiger partial charge in [0.1, 0.15) is 0 Å². The summed E-state index contributed by atoms with van der Waals surface area (Å²) in [6.07, 6.45) is 8.55. The van der Waals surface area contributed by atoms with Crippen LogP contribution in [0.2, 0.25) is 0 Å². The third kappa shape index (κ3) is 5.07. The van der Waals surface area contributed by atoms with Crippen LogP contribution in [0, 0.1) is 5.41 Å². The van der Waals surface area contributed by atoms with Crippen LogP contribution in [0.25, 0.3) is 0 Å². The molecular weight excluding hydrogens is 214 g/mol. The van der Waals surface area contributed by atoms with Gasteiger partial charge in [0.25, 0.3) is 0 Å². The van der Waals surface area contributed by atoms with Crippen LogP contribution in [0.1, 0.15) is 58.8 Å². The van der Waals surface area contributed by atoms with Gasteiger partial charge in [-0.05, 0) is 31.1 Å². The van der Waals surface area contributed by atoms with Gasteiger partial charge in [0, 0.05) is 6.54 Å². The molecule has 0 aliphatic heterocycles. The maximum atomic E-state index is 11.4. The predicted octanol–water partition coefficient (Wildman–Crippen LogP) is 2.89. The van der Waals surface area contributed by atoms with Crippen molar-refractivity contribution in [1.82, 2.24) is 5.32 Å². The highest BCUT2D eigenvalue weighted by Crippen LogP contribution is 2.40. The molecule has 0 bridgehead atoms. The molecule has 1 rings (SSSR count). The summed E-state index contributed by atoms with van der Waals surface area (Å²) >= 11 is 0. The number of ether oxygens (including phenoxy) is 1. The fourth-order valence-corrected chi connectivity index (χ4v) is 2.59. The molecule has 1 aliphatic carbocycles. The molecule has 0 heterocycles. The van der Waals surface area contributed by atoms with Crippen molar-refractivity contribution in [1.29, 1.82) is 0 Å². The first-order valence-corrected chi connectivity index (χ1v) is 7.09. The van der Waals surface area contributed by atoms with Crippen LogP contribution < -0.4 is 5.32 Å². The van der Waals surface area contributed by atoms with Gasteiger partial charge in [-0.2, -0.15) is 0 Å². The Balaban J connectivity index is 2.11. The molecule has 0 atom stereocenters. The topological polar surface area (TPSA) is 38.3 Å². The molecule has 1 aliphatic rings. The molecule has 100 valence electrons. The van der Waals surface area contributed by atoms with Gasteiger partial charge in [-0.1, -0.05) is 33.1 Å². The molecule has 0 radical (unpaired) electrons. The largest absolute Gasteiger partial charge is 0.465 e. The summed E-state index contributed by atoms with van der Waals surface area (Å²) in [5.74, 6) is -0.109. The van der Waals surface area contributed by atoms with Crippen molar-refractivity contribution in [3.8, 4) is 0 Å². The quantitative estimate of drug-likeness (QED) is 0.524. The molecule has 0 aromatic carbocycles. The molecule has 0 amide bonds. The van der Waals surface area contributed by atoms with Gasteiger partial charge in [0.05, 0.1) is 13.2 Å². The number of hydrogen-bond acceptors (Lipinski definition) is 3. The SMILES string of the molecule is CCCCOC(=O)CNCC1(CC)CCCC1. The number of unbranched alkanes of at least 4 members (excludes halogenated alkanes) is 1. The second-order valence-corrected chi connectivity index (χ2v) is 5.24. The number of rotatable bonds is 8. The van der Waals surface area contributed by atoms with Crippen molar-refractivity contribution < 1.29 is 9.53 Å². The van der Waals surface area contributed by atoms with Crippen LogP contribution in [0.5, 0.6) is 0 Å². The minimum absolute atomic E-state index is 0.109. The van der Waals surface area contributed by atoms with E-state index in [1.54, 1.807) is 0 Å². The minimum Gasteiger partial charge on any atom is -0.465 e. The summed E-state index contributed by atoms with van der Waals surface area (Å²) < 4.78 is 5.11. The van der Waals surface area contributed by atoms with E-state index in [2.05, 4.69) is 19.2 Å². The van der Waals surface area contributed by atoms with Crippen molar-refractivity contribution in [3.05, 3.63) is 0 Å². The maximum absolute atomic E-state index is 11.4. The lowest BCUT2D eigenvalue weighted by Crippen LogP contribution is -2.35.